The molecule has 1 aliphatic rings. The summed E-state index contributed by atoms with van der Waals surface area (Å²) in [6, 6.07) is 7.01. The van der Waals surface area contributed by atoms with Crippen LogP contribution >= 0.6 is 11.6 Å². The highest BCUT2D eigenvalue weighted by Gasteiger charge is 2.30. The molecule has 1 atom stereocenters. The number of nitrogens with zero attached hydrogens (tertiary/aromatic N) is 1. The molecule has 0 aliphatic carbocycles. The molecule has 0 spiro atoms. The van der Waals surface area contributed by atoms with Gasteiger partial charge in [-0.05, 0) is 30.4 Å². The molecule has 1 aliphatic heterocycles. The van der Waals surface area contributed by atoms with Crippen LogP contribution in [0.3, 0.4) is 0 Å². The summed E-state index contributed by atoms with van der Waals surface area (Å²) in [5.74, 6) is 0.701. The van der Waals surface area contributed by atoms with Crippen molar-refractivity contribution in [2.24, 2.45) is 5.92 Å². The average Bonchev–Trinajstić information content (AvgIpc) is 2.47. The smallest absolute Gasteiger partial charge is 0.207 e. The van der Waals surface area contributed by atoms with E-state index in [0.29, 0.717) is 29.5 Å². The first-order valence-corrected chi connectivity index (χ1v) is 8.71. The number of hydrogen-bond donors (Lipinski definition) is 0. The van der Waals surface area contributed by atoms with Crippen molar-refractivity contribution in [1.29, 1.82) is 0 Å². The molecule has 0 bridgehead atoms. The Morgan fingerprint density at radius 2 is 2.11 bits per heavy atom. The Labute approximate surface area is 120 Å². The average molecular weight is 302 g/mol. The minimum absolute atomic E-state index is 0.223. The highest BCUT2D eigenvalue weighted by atomic mass is 35.5. The highest BCUT2D eigenvalue weighted by Crippen LogP contribution is 2.27. The van der Waals surface area contributed by atoms with E-state index >= 15 is 0 Å². The van der Waals surface area contributed by atoms with Gasteiger partial charge in [-0.1, -0.05) is 31.5 Å². The number of alkyl halides is 1. The van der Waals surface area contributed by atoms with Crippen molar-refractivity contribution >= 4 is 21.6 Å². The van der Waals surface area contributed by atoms with E-state index in [1.807, 2.05) is 6.07 Å². The standard InChI is InChI=1S/C14H20ClNO2S/c1-2-12-6-5-9-16(11-12)19(17,18)14-8-4-3-7-13(14)10-15/h3-4,7-8,12H,2,5-6,9-11H2,1H3. The molecule has 1 aromatic carbocycles. The lowest BCUT2D eigenvalue weighted by atomic mass is 9.97. The third kappa shape index (κ3) is 3.12. The molecule has 0 radical (unpaired) electrons. The lowest BCUT2D eigenvalue weighted by molar-refractivity contribution is 0.261. The molecular formula is C14H20ClNO2S. The second-order valence-electron chi connectivity index (χ2n) is 5.02. The summed E-state index contributed by atoms with van der Waals surface area (Å²) < 4.78 is 27.0. The van der Waals surface area contributed by atoms with Crippen LogP contribution in [0.2, 0.25) is 0 Å². The minimum Gasteiger partial charge on any atom is -0.207 e. The topological polar surface area (TPSA) is 37.4 Å². The van der Waals surface area contributed by atoms with Crippen molar-refractivity contribution in [3.8, 4) is 0 Å². The van der Waals surface area contributed by atoms with Gasteiger partial charge in [0.1, 0.15) is 0 Å². The molecule has 0 aromatic heterocycles. The minimum atomic E-state index is -3.40. The second-order valence-corrected chi connectivity index (χ2v) is 7.19. The van der Waals surface area contributed by atoms with Crippen LogP contribution in [0.5, 0.6) is 0 Å². The van der Waals surface area contributed by atoms with Gasteiger partial charge >= 0.3 is 0 Å². The van der Waals surface area contributed by atoms with Crippen LogP contribution in [0.1, 0.15) is 31.7 Å². The summed E-state index contributed by atoms with van der Waals surface area (Å²) in [6.07, 6.45) is 3.10. The van der Waals surface area contributed by atoms with E-state index in [1.165, 1.54) is 0 Å². The molecular weight excluding hydrogens is 282 g/mol. The molecule has 5 heteroatoms. The normalized spacial score (nSPS) is 21.5. The number of rotatable bonds is 4. The Morgan fingerprint density at radius 1 is 1.37 bits per heavy atom. The number of halogens is 1. The summed E-state index contributed by atoms with van der Waals surface area (Å²) >= 11 is 5.85. The predicted molar refractivity (Wildman–Crippen MR) is 77.8 cm³/mol. The van der Waals surface area contributed by atoms with E-state index in [4.69, 9.17) is 11.6 Å². The first kappa shape index (κ1) is 14.8. The van der Waals surface area contributed by atoms with Crippen molar-refractivity contribution in [1.82, 2.24) is 4.31 Å². The van der Waals surface area contributed by atoms with Gasteiger partial charge in [-0.3, -0.25) is 0 Å². The van der Waals surface area contributed by atoms with Gasteiger partial charge in [0.25, 0.3) is 0 Å². The van der Waals surface area contributed by atoms with Gasteiger partial charge in [0.05, 0.1) is 4.90 Å². The van der Waals surface area contributed by atoms with Crippen molar-refractivity contribution in [3.63, 3.8) is 0 Å². The van der Waals surface area contributed by atoms with Crippen LogP contribution in [0.4, 0.5) is 0 Å². The van der Waals surface area contributed by atoms with Crippen molar-refractivity contribution in [2.45, 2.75) is 37.0 Å². The Morgan fingerprint density at radius 3 is 2.79 bits per heavy atom. The van der Waals surface area contributed by atoms with E-state index in [2.05, 4.69) is 6.92 Å². The quantitative estimate of drug-likeness (QED) is 0.801. The fourth-order valence-electron chi connectivity index (χ4n) is 2.58. The van der Waals surface area contributed by atoms with Crippen LogP contribution in [0.25, 0.3) is 0 Å². The summed E-state index contributed by atoms with van der Waals surface area (Å²) in [6.45, 7) is 3.37. The Hall–Kier alpha value is -0.580. The van der Waals surface area contributed by atoms with E-state index in [-0.39, 0.29) is 5.88 Å². The van der Waals surface area contributed by atoms with Gasteiger partial charge in [0.2, 0.25) is 10.0 Å². The molecule has 1 saturated heterocycles. The number of hydrogen-bond acceptors (Lipinski definition) is 2. The third-order valence-electron chi connectivity index (χ3n) is 3.79. The summed E-state index contributed by atoms with van der Waals surface area (Å²) in [5.41, 5.74) is 0.683. The molecule has 19 heavy (non-hydrogen) atoms. The maximum Gasteiger partial charge on any atom is 0.243 e. The molecule has 1 aromatic rings. The van der Waals surface area contributed by atoms with Gasteiger partial charge in [-0.2, -0.15) is 4.31 Å². The summed E-state index contributed by atoms with van der Waals surface area (Å²) in [5, 5.41) is 0. The zero-order valence-corrected chi connectivity index (χ0v) is 12.8. The zero-order valence-electron chi connectivity index (χ0n) is 11.2. The van der Waals surface area contributed by atoms with Crippen molar-refractivity contribution in [3.05, 3.63) is 29.8 Å². The number of benzene rings is 1. The summed E-state index contributed by atoms with van der Waals surface area (Å²) in [7, 11) is -3.40. The van der Waals surface area contributed by atoms with Crippen molar-refractivity contribution < 1.29 is 8.42 Å². The fraction of sp³-hybridized carbons (Fsp3) is 0.571. The van der Waals surface area contributed by atoms with Gasteiger partial charge in [0.15, 0.2) is 0 Å². The van der Waals surface area contributed by atoms with E-state index in [0.717, 1.165) is 19.3 Å². The van der Waals surface area contributed by atoms with E-state index < -0.39 is 10.0 Å². The molecule has 1 unspecified atom stereocenters. The second kappa shape index (κ2) is 6.25. The van der Waals surface area contributed by atoms with Gasteiger partial charge in [-0.15, -0.1) is 11.6 Å². The fourth-order valence-corrected chi connectivity index (χ4v) is 4.67. The highest BCUT2D eigenvalue weighted by molar-refractivity contribution is 7.89. The number of piperidine rings is 1. The van der Waals surface area contributed by atoms with Gasteiger partial charge in [-0.25, -0.2) is 8.42 Å². The molecule has 3 nitrogen and oxygen atoms in total. The number of sulfonamides is 1. The Kier molecular flexibility index (Phi) is 4.87. The first-order chi connectivity index (χ1) is 9.09. The van der Waals surface area contributed by atoms with Crippen LogP contribution in [0, 0.1) is 5.92 Å². The monoisotopic (exact) mass is 301 g/mol. The Bertz CT molecular complexity index is 530. The molecule has 1 heterocycles. The largest absolute Gasteiger partial charge is 0.243 e. The Balaban J connectivity index is 2.31. The lowest BCUT2D eigenvalue weighted by Crippen LogP contribution is -2.40. The van der Waals surface area contributed by atoms with Crippen LogP contribution in [-0.2, 0) is 15.9 Å². The van der Waals surface area contributed by atoms with Gasteiger partial charge in [0, 0.05) is 19.0 Å². The van der Waals surface area contributed by atoms with E-state index in [1.54, 1.807) is 22.5 Å². The van der Waals surface area contributed by atoms with Crippen molar-refractivity contribution in [2.75, 3.05) is 13.1 Å². The maximum absolute atomic E-state index is 12.7. The van der Waals surface area contributed by atoms with Crippen LogP contribution in [-0.4, -0.2) is 25.8 Å². The maximum atomic E-state index is 12.7. The molecule has 2 rings (SSSR count). The predicted octanol–water partition coefficient (Wildman–Crippen LogP) is 3.24. The molecule has 1 fully saturated rings. The van der Waals surface area contributed by atoms with Gasteiger partial charge < -0.3 is 0 Å². The first-order valence-electron chi connectivity index (χ1n) is 6.73. The molecule has 0 saturated carbocycles. The lowest BCUT2D eigenvalue weighted by Gasteiger charge is -2.31. The summed E-state index contributed by atoms with van der Waals surface area (Å²) in [4.78, 5) is 0.363. The van der Waals surface area contributed by atoms with E-state index in [9.17, 15) is 8.42 Å². The molecule has 0 N–H and O–H groups in total. The van der Waals surface area contributed by atoms with Crippen LogP contribution < -0.4 is 0 Å². The SMILES string of the molecule is CCC1CCCN(S(=O)(=O)c2ccccc2CCl)C1. The third-order valence-corrected chi connectivity index (χ3v) is 6.05. The molecule has 0 amide bonds. The zero-order chi connectivity index (χ0) is 13.9. The molecule has 106 valence electrons. The van der Waals surface area contributed by atoms with Crippen LogP contribution in [0.15, 0.2) is 29.2 Å².